The lowest BCUT2D eigenvalue weighted by Crippen LogP contribution is -2.35. The highest BCUT2D eigenvalue weighted by Crippen LogP contribution is 2.30. The number of thioether (sulfide) groups is 1. The summed E-state index contributed by atoms with van der Waals surface area (Å²) in [6.45, 7) is 0. The van der Waals surface area contributed by atoms with Gasteiger partial charge in [-0.25, -0.2) is 0 Å². The Hall–Kier alpha value is -2.93. The molecule has 4 rings (SSSR count). The summed E-state index contributed by atoms with van der Waals surface area (Å²) < 4.78 is 4.98. The Morgan fingerprint density at radius 3 is 2.78 bits per heavy atom. The van der Waals surface area contributed by atoms with Crippen LogP contribution in [0, 0.1) is 5.41 Å². The molecule has 1 aromatic heterocycles. The number of fused-ring (bicyclic) bond motifs is 1. The summed E-state index contributed by atoms with van der Waals surface area (Å²) in [6, 6.07) is 11.3. The number of nitrogens with one attached hydrogen (secondary N) is 1. The molecule has 1 aromatic carbocycles. The predicted molar refractivity (Wildman–Crippen MR) is 89.3 cm³/mol. The SMILES string of the molecule is N=C1/C(=C\c2ccoc2)C(=O)N=C2SC(c3ccccc3)=NN12. The number of amidine groups is 2. The van der Waals surface area contributed by atoms with Gasteiger partial charge in [-0.15, -0.1) is 0 Å². The second-order valence-corrected chi connectivity index (χ2v) is 5.80. The summed E-state index contributed by atoms with van der Waals surface area (Å²) in [5, 5.41) is 15.2. The van der Waals surface area contributed by atoms with E-state index in [0.29, 0.717) is 15.8 Å². The van der Waals surface area contributed by atoms with Gasteiger partial charge in [0, 0.05) is 11.1 Å². The highest BCUT2D eigenvalue weighted by atomic mass is 32.2. The lowest BCUT2D eigenvalue weighted by molar-refractivity contribution is -0.114. The van der Waals surface area contributed by atoms with Crippen molar-refractivity contribution in [3.63, 3.8) is 0 Å². The Bertz CT molecular complexity index is 882. The number of hydrogen-bond donors (Lipinski definition) is 1. The largest absolute Gasteiger partial charge is 0.472 e. The summed E-state index contributed by atoms with van der Waals surface area (Å²) >= 11 is 1.28. The third kappa shape index (κ3) is 2.40. The molecule has 112 valence electrons. The number of carbonyl (C=O) groups excluding carboxylic acids is 1. The number of rotatable bonds is 2. The van der Waals surface area contributed by atoms with E-state index in [2.05, 4.69) is 10.1 Å². The van der Waals surface area contributed by atoms with Gasteiger partial charge in [0.1, 0.15) is 5.04 Å². The molecule has 0 saturated carbocycles. The zero-order valence-corrected chi connectivity index (χ0v) is 12.6. The van der Waals surface area contributed by atoms with E-state index in [1.807, 2.05) is 30.3 Å². The Balaban J connectivity index is 1.71. The molecule has 0 saturated heterocycles. The number of hydrazone groups is 1. The number of carbonyl (C=O) groups is 1. The highest BCUT2D eigenvalue weighted by Gasteiger charge is 2.35. The third-order valence-corrected chi connectivity index (χ3v) is 4.29. The third-order valence-electron chi connectivity index (χ3n) is 3.33. The summed E-state index contributed by atoms with van der Waals surface area (Å²) in [7, 11) is 0. The molecule has 2 aliphatic heterocycles. The van der Waals surface area contributed by atoms with Crippen LogP contribution in [0.4, 0.5) is 0 Å². The molecule has 2 aromatic rings. The van der Waals surface area contributed by atoms with Gasteiger partial charge in [-0.2, -0.15) is 15.1 Å². The number of amides is 1. The maximum Gasteiger partial charge on any atom is 0.283 e. The maximum atomic E-state index is 12.2. The average molecular weight is 322 g/mol. The number of furan rings is 1. The van der Waals surface area contributed by atoms with Crippen LogP contribution in [0.2, 0.25) is 0 Å². The van der Waals surface area contributed by atoms with E-state index in [1.165, 1.54) is 29.3 Å². The summed E-state index contributed by atoms with van der Waals surface area (Å²) in [5.41, 5.74) is 1.82. The van der Waals surface area contributed by atoms with Crippen LogP contribution in [0.1, 0.15) is 11.1 Å². The van der Waals surface area contributed by atoms with Crippen LogP contribution in [0.5, 0.6) is 0 Å². The topological polar surface area (TPSA) is 82.0 Å². The van der Waals surface area contributed by atoms with Crippen LogP contribution in [-0.4, -0.2) is 27.0 Å². The molecular formula is C16H10N4O2S. The van der Waals surface area contributed by atoms with Crippen molar-refractivity contribution in [1.29, 1.82) is 5.41 Å². The number of benzene rings is 1. The molecule has 0 radical (unpaired) electrons. The molecule has 7 heteroatoms. The van der Waals surface area contributed by atoms with Crippen molar-refractivity contribution >= 4 is 39.8 Å². The first-order chi connectivity index (χ1) is 11.2. The molecule has 6 nitrogen and oxygen atoms in total. The van der Waals surface area contributed by atoms with E-state index in [0.717, 1.165) is 5.56 Å². The van der Waals surface area contributed by atoms with Crippen LogP contribution < -0.4 is 0 Å². The van der Waals surface area contributed by atoms with Crippen molar-refractivity contribution in [1.82, 2.24) is 5.01 Å². The molecule has 1 N–H and O–H groups in total. The minimum Gasteiger partial charge on any atom is -0.472 e. The van der Waals surface area contributed by atoms with Gasteiger partial charge in [-0.1, -0.05) is 30.3 Å². The Morgan fingerprint density at radius 2 is 2.04 bits per heavy atom. The van der Waals surface area contributed by atoms with E-state index in [4.69, 9.17) is 9.83 Å². The summed E-state index contributed by atoms with van der Waals surface area (Å²) in [6.07, 6.45) is 4.59. The molecule has 0 fully saturated rings. The van der Waals surface area contributed by atoms with Crippen molar-refractivity contribution < 1.29 is 9.21 Å². The Kier molecular flexibility index (Phi) is 3.20. The first-order valence-electron chi connectivity index (χ1n) is 6.80. The van der Waals surface area contributed by atoms with Gasteiger partial charge >= 0.3 is 0 Å². The van der Waals surface area contributed by atoms with E-state index in [1.54, 1.807) is 12.1 Å². The Morgan fingerprint density at radius 1 is 1.22 bits per heavy atom. The van der Waals surface area contributed by atoms with Crippen LogP contribution in [-0.2, 0) is 4.79 Å². The fraction of sp³-hybridized carbons (Fsp3) is 0. The van der Waals surface area contributed by atoms with Crippen LogP contribution >= 0.6 is 11.8 Å². The van der Waals surface area contributed by atoms with Gasteiger partial charge in [0.25, 0.3) is 5.91 Å². The second kappa shape index (κ2) is 5.36. The van der Waals surface area contributed by atoms with E-state index < -0.39 is 5.91 Å². The first kappa shape index (κ1) is 13.7. The number of aliphatic imine (C=N–C) groups is 1. The monoisotopic (exact) mass is 322 g/mol. The minimum atomic E-state index is -0.445. The van der Waals surface area contributed by atoms with Gasteiger partial charge in [-0.05, 0) is 23.9 Å². The van der Waals surface area contributed by atoms with Crippen molar-refractivity contribution in [3.05, 3.63) is 65.6 Å². The predicted octanol–water partition coefficient (Wildman–Crippen LogP) is 2.95. The fourth-order valence-corrected chi connectivity index (χ4v) is 3.11. The van der Waals surface area contributed by atoms with Crippen LogP contribution in [0.3, 0.4) is 0 Å². The van der Waals surface area contributed by atoms with Gasteiger partial charge in [0.2, 0.25) is 5.17 Å². The van der Waals surface area contributed by atoms with E-state index in [9.17, 15) is 4.79 Å². The maximum absolute atomic E-state index is 12.2. The highest BCUT2D eigenvalue weighted by molar-refractivity contribution is 8.27. The molecule has 0 aliphatic carbocycles. The molecule has 0 spiro atoms. The van der Waals surface area contributed by atoms with Gasteiger partial charge in [-0.3, -0.25) is 10.2 Å². The number of nitrogens with zero attached hydrogens (tertiary/aromatic N) is 3. The van der Waals surface area contributed by atoms with Gasteiger partial charge in [0.15, 0.2) is 5.84 Å². The standard InChI is InChI=1S/C16H10N4O2S/c17-13-12(8-10-6-7-22-9-10)14(21)18-16-20(13)19-15(23-16)11-4-2-1-3-5-11/h1-9,17H/b12-8+,17-13?. The zero-order valence-electron chi connectivity index (χ0n) is 11.8. The second-order valence-electron chi connectivity index (χ2n) is 4.85. The summed E-state index contributed by atoms with van der Waals surface area (Å²) in [4.78, 5) is 16.2. The van der Waals surface area contributed by atoms with Crippen LogP contribution in [0.15, 0.2) is 69.0 Å². The smallest absolute Gasteiger partial charge is 0.283 e. The molecule has 3 heterocycles. The van der Waals surface area contributed by atoms with E-state index in [-0.39, 0.29) is 11.4 Å². The molecule has 1 amide bonds. The minimum absolute atomic E-state index is 0.0135. The van der Waals surface area contributed by atoms with Crippen molar-refractivity contribution in [2.45, 2.75) is 0 Å². The molecule has 0 unspecified atom stereocenters. The fourth-order valence-electron chi connectivity index (χ4n) is 2.21. The lowest BCUT2D eigenvalue weighted by Gasteiger charge is -2.19. The van der Waals surface area contributed by atoms with Crippen molar-refractivity contribution in [3.8, 4) is 0 Å². The summed E-state index contributed by atoms with van der Waals surface area (Å²) in [5.74, 6) is -0.431. The molecule has 0 bridgehead atoms. The van der Waals surface area contributed by atoms with Crippen molar-refractivity contribution in [2.24, 2.45) is 10.1 Å². The van der Waals surface area contributed by atoms with Gasteiger partial charge in [0.05, 0.1) is 18.1 Å². The van der Waals surface area contributed by atoms with Crippen LogP contribution in [0.25, 0.3) is 6.08 Å². The first-order valence-corrected chi connectivity index (χ1v) is 7.62. The zero-order chi connectivity index (χ0) is 15.8. The molecule has 2 aliphatic rings. The molecular weight excluding hydrogens is 312 g/mol. The van der Waals surface area contributed by atoms with E-state index >= 15 is 0 Å². The quantitative estimate of drug-likeness (QED) is 0.862. The Labute approximate surface area is 135 Å². The van der Waals surface area contributed by atoms with Gasteiger partial charge < -0.3 is 4.42 Å². The number of hydrogen-bond acceptors (Lipinski definition) is 5. The lowest BCUT2D eigenvalue weighted by atomic mass is 10.1. The molecule has 0 atom stereocenters. The average Bonchev–Trinajstić information content (AvgIpc) is 3.22. The molecule has 23 heavy (non-hydrogen) atoms. The normalized spacial score (nSPS) is 19.0. The van der Waals surface area contributed by atoms with Crippen molar-refractivity contribution in [2.75, 3.05) is 0 Å².